The van der Waals surface area contributed by atoms with Gasteiger partial charge in [0.1, 0.15) is 17.5 Å². The largest absolute Gasteiger partial charge is 0.441 e. The Labute approximate surface area is 209 Å². The van der Waals surface area contributed by atoms with Crippen LogP contribution in [-0.2, 0) is 9.53 Å². The summed E-state index contributed by atoms with van der Waals surface area (Å²) in [5.41, 5.74) is 0.384. The smallest absolute Gasteiger partial charge is 0.414 e. The maximum Gasteiger partial charge on any atom is 0.414 e. The van der Waals surface area contributed by atoms with E-state index < -0.39 is 36.3 Å². The van der Waals surface area contributed by atoms with E-state index in [0.29, 0.717) is 5.65 Å². The first-order valence-corrected chi connectivity index (χ1v) is 11.5. The Morgan fingerprint density at radius 1 is 1.16 bits per heavy atom. The highest BCUT2D eigenvalue weighted by molar-refractivity contribution is 5.95. The first kappa shape index (κ1) is 24.4. The number of aliphatic hydroxyl groups excluding tert-OH is 1. The zero-order valence-corrected chi connectivity index (χ0v) is 19.5. The van der Waals surface area contributed by atoms with E-state index in [9.17, 15) is 23.2 Å². The van der Waals surface area contributed by atoms with Crippen molar-refractivity contribution in [1.82, 2.24) is 24.6 Å². The van der Waals surface area contributed by atoms with Crippen molar-refractivity contribution >= 4 is 34.9 Å². The molecule has 37 heavy (non-hydrogen) atoms. The van der Waals surface area contributed by atoms with Crippen molar-refractivity contribution < 1.29 is 33.0 Å². The third-order valence-electron chi connectivity index (χ3n) is 6.24. The zero-order valence-electron chi connectivity index (χ0n) is 19.5. The van der Waals surface area contributed by atoms with Crippen LogP contribution in [-0.4, -0.2) is 94.3 Å². The first-order chi connectivity index (χ1) is 17.8. The van der Waals surface area contributed by atoms with Crippen LogP contribution >= 0.6 is 0 Å². The molecule has 1 unspecified atom stereocenters. The number of rotatable bonds is 6. The summed E-state index contributed by atoms with van der Waals surface area (Å²) in [6, 6.07) is 2.09. The summed E-state index contributed by atoms with van der Waals surface area (Å²) < 4.78 is 36.4. The van der Waals surface area contributed by atoms with Gasteiger partial charge in [-0.2, -0.15) is 0 Å². The van der Waals surface area contributed by atoms with Crippen molar-refractivity contribution in [3.05, 3.63) is 54.2 Å². The van der Waals surface area contributed by atoms with Crippen LogP contribution in [0.25, 0.3) is 5.65 Å². The van der Waals surface area contributed by atoms with E-state index in [2.05, 4.69) is 15.3 Å². The highest BCUT2D eigenvalue weighted by Crippen LogP contribution is 2.31. The summed E-state index contributed by atoms with van der Waals surface area (Å²) in [6.07, 6.45) is 4.70. The number of cyclic esters (lactones) is 1. The van der Waals surface area contributed by atoms with Crippen LogP contribution in [0.1, 0.15) is 10.5 Å². The van der Waals surface area contributed by atoms with Gasteiger partial charge in [0, 0.05) is 56.9 Å². The number of aromatic nitrogens is 3. The lowest BCUT2D eigenvalue weighted by molar-refractivity contribution is -0.130. The summed E-state index contributed by atoms with van der Waals surface area (Å²) in [7, 11) is 0. The van der Waals surface area contributed by atoms with Gasteiger partial charge in [-0.25, -0.2) is 18.6 Å². The summed E-state index contributed by atoms with van der Waals surface area (Å²) >= 11 is 0. The molecule has 0 aliphatic carbocycles. The molecule has 0 bridgehead atoms. The lowest BCUT2D eigenvalue weighted by Gasteiger charge is -2.36. The number of anilines is 2. The van der Waals surface area contributed by atoms with Gasteiger partial charge in [0.05, 0.1) is 31.6 Å². The second-order valence-electron chi connectivity index (χ2n) is 8.58. The molecule has 12 nitrogen and oxygen atoms in total. The summed E-state index contributed by atoms with van der Waals surface area (Å²) in [5.74, 6) is -2.55. The average Bonchev–Trinajstić information content (AvgIpc) is 3.50. The van der Waals surface area contributed by atoms with E-state index in [1.165, 1.54) is 22.2 Å². The fourth-order valence-corrected chi connectivity index (χ4v) is 4.33. The molecule has 1 atom stereocenters. The fourth-order valence-electron chi connectivity index (χ4n) is 4.33. The molecule has 2 aliphatic heterocycles. The minimum absolute atomic E-state index is 0.00822. The molecule has 0 saturated carbocycles. The van der Waals surface area contributed by atoms with E-state index >= 15 is 0 Å². The number of halogens is 2. The van der Waals surface area contributed by atoms with Gasteiger partial charge in [-0.15, -0.1) is 0 Å². The molecule has 5 rings (SSSR count). The van der Waals surface area contributed by atoms with Crippen LogP contribution in [0.5, 0.6) is 0 Å². The first-order valence-electron chi connectivity index (χ1n) is 11.5. The molecular weight excluding hydrogens is 492 g/mol. The van der Waals surface area contributed by atoms with Crippen molar-refractivity contribution in [1.29, 1.82) is 0 Å². The van der Waals surface area contributed by atoms with Gasteiger partial charge in [0.2, 0.25) is 5.91 Å². The van der Waals surface area contributed by atoms with E-state index in [0.717, 1.165) is 17.0 Å². The number of hydrogen-bond donors (Lipinski definition) is 2. The molecular formula is C23H23F2N7O5. The van der Waals surface area contributed by atoms with Gasteiger partial charge in [-0.1, -0.05) is 0 Å². The molecule has 3 amide bonds. The molecule has 194 valence electrons. The second kappa shape index (κ2) is 9.97. The Balaban J connectivity index is 1.16. The van der Waals surface area contributed by atoms with Gasteiger partial charge in [-0.3, -0.25) is 19.5 Å². The summed E-state index contributed by atoms with van der Waals surface area (Å²) in [6.45, 7) is 0.0892. The van der Waals surface area contributed by atoms with Crippen molar-refractivity contribution in [2.24, 2.45) is 0 Å². The summed E-state index contributed by atoms with van der Waals surface area (Å²) in [4.78, 5) is 49.1. The molecule has 14 heteroatoms. The summed E-state index contributed by atoms with van der Waals surface area (Å²) in [5, 5.41) is 11.7. The van der Waals surface area contributed by atoms with Crippen LogP contribution in [0.15, 0.2) is 36.9 Å². The van der Waals surface area contributed by atoms with Crippen molar-refractivity contribution in [2.75, 3.05) is 55.7 Å². The number of aliphatic hydroxyl groups is 1. The SMILES string of the molecule is O=C(NCC(=O)N1CCN(c2c(F)cc(N3CC(CO)OC3=O)cc2F)CC1)c1cn2ccncc2n1. The predicted molar refractivity (Wildman–Crippen MR) is 125 cm³/mol. The maximum atomic E-state index is 14.9. The number of nitrogens with zero attached hydrogens (tertiary/aromatic N) is 6. The zero-order chi connectivity index (χ0) is 26.1. The lowest BCUT2D eigenvalue weighted by Crippen LogP contribution is -2.51. The van der Waals surface area contributed by atoms with Crippen molar-refractivity contribution in [3.63, 3.8) is 0 Å². The number of amides is 3. The number of nitrogens with one attached hydrogen (secondary N) is 1. The molecule has 1 aromatic carbocycles. The van der Waals surface area contributed by atoms with Gasteiger partial charge in [-0.05, 0) is 0 Å². The van der Waals surface area contributed by atoms with Crippen LogP contribution in [0.3, 0.4) is 0 Å². The van der Waals surface area contributed by atoms with E-state index in [-0.39, 0.29) is 62.2 Å². The lowest BCUT2D eigenvalue weighted by atomic mass is 10.2. The van der Waals surface area contributed by atoms with Gasteiger partial charge in [0.25, 0.3) is 5.91 Å². The quantitative estimate of drug-likeness (QED) is 0.482. The number of hydrogen-bond acceptors (Lipinski definition) is 8. The standard InChI is InChI=1S/C23H23F2N7O5/c24-16-7-14(32-11-15(13-33)37-23(32)36)8-17(25)21(16)30-5-3-29(4-6-30)20(34)10-27-22(35)18-12-31-2-1-26-9-19(31)28-18/h1-2,7-9,12,15,33H,3-6,10-11,13H2,(H,27,35). The molecule has 2 aromatic heterocycles. The highest BCUT2D eigenvalue weighted by atomic mass is 19.1. The maximum absolute atomic E-state index is 14.9. The number of carbonyl (C=O) groups excluding carboxylic acids is 3. The van der Waals surface area contributed by atoms with E-state index in [1.807, 2.05) is 0 Å². The Kier molecular flexibility index (Phi) is 6.56. The number of piperazine rings is 1. The van der Waals surface area contributed by atoms with Gasteiger partial charge >= 0.3 is 6.09 Å². The minimum atomic E-state index is -0.857. The van der Waals surface area contributed by atoms with Crippen LogP contribution in [0, 0.1) is 11.6 Å². The molecule has 2 aliphatic rings. The van der Waals surface area contributed by atoms with Crippen LogP contribution < -0.4 is 15.1 Å². The van der Waals surface area contributed by atoms with E-state index in [4.69, 9.17) is 9.84 Å². The predicted octanol–water partition coefficient (Wildman–Crippen LogP) is 0.404. The Morgan fingerprint density at radius 2 is 1.89 bits per heavy atom. The second-order valence-corrected chi connectivity index (χ2v) is 8.58. The Bertz CT molecular complexity index is 1300. The van der Waals surface area contributed by atoms with Gasteiger partial charge < -0.3 is 29.4 Å². The fraction of sp³-hybridized carbons (Fsp3) is 0.348. The average molecular weight is 515 g/mol. The third-order valence-corrected chi connectivity index (χ3v) is 6.24. The van der Waals surface area contributed by atoms with Crippen LogP contribution in [0.4, 0.5) is 25.0 Å². The Hall–Kier alpha value is -4.33. The number of fused-ring (bicyclic) bond motifs is 1. The molecule has 3 aromatic rings. The highest BCUT2D eigenvalue weighted by Gasteiger charge is 2.33. The molecule has 2 saturated heterocycles. The third kappa shape index (κ3) is 4.87. The molecule has 0 spiro atoms. The molecule has 0 radical (unpaired) electrons. The van der Waals surface area contributed by atoms with Crippen molar-refractivity contribution in [3.8, 4) is 0 Å². The van der Waals surface area contributed by atoms with E-state index in [1.54, 1.807) is 16.8 Å². The molecule has 2 fully saturated rings. The number of benzene rings is 1. The number of carbonyl (C=O) groups is 3. The topological polar surface area (TPSA) is 133 Å². The monoisotopic (exact) mass is 515 g/mol. The molecule has 2 N–H and O–H groups in total. The van der Waals surface area contributed by atoms with Crippen molar-refractivity contribution in [2.45, 2.75) is 6.10 Å². The number of imidazole rings is 1. The van der Waals surface area contributed by atoms with Gasteiger partial charge in [0.15, 0.2) is 17.3 Å². The normalized spacial score (nSPS) is 17.9. The van der Waals surface area contributed by atoms with Crippen LogP contribution in [0.2, 0.25) is 0 Å². The number of ether oxygens (including phenoxy) is 1. The molecule has 4 heterocycles. The minimum Gasteiger partial charge on any atom is -0.441 e. The Morgan fingerprint density at radius 3 is 2.54 bits per heavy atom.